The van der Waals surface area contributed by atoms with Crippen molar-refractivity contribution in [3.8, 4) is 5.75 Å². The van der Waals surface area contributed by atoms with Crippen molar-refractivity contribution >= 4 is 17.7 Å². The van der Waals surface area contributed by atoms with Gasteiger partial charge in [0.2, 0.25) is 0 Å². The number of amides is 1. The van der Waals surface area contributed by atoms with Gasteiger partial charge in [-0.2, -0.15) is 0 Å². The summed E-state index contributed by atoms with van der Waals surface area (Å²) in [6.45, 7) is 4.05. The zero-order valence-corrected chi connectivity index (χ0v) is 9.67. The smallest absolute Gasteiger partial charge is 0.410 e. The SMILES string of the molecule is C=CCc1ccccc1OC(=O)NCCCl. The van der Waals surface area contributed by atoms with E-state index in [1.165, 1.54) is 0 Å². The van der Waals surface area contributed by atoms with Crippen molar-refractivity contribution in [3.63, 3.8) is 0 Å². The number of allylic oxidation sites excluding steroid dienone is 1. The molecule has 0 atom stereocenters. The third kappa shape index (κ3) is 3.95. The number of carbonyl (C=O) groups is 1. The lowest BCUT2D eigenvalue weighted by molar-refractivity contribution is 0.201. The summed E-state index contributed by atoms with van der Waals surface area (Å²) in [6, 6.07) is 7.35. The van der Waals surface area contributed by atoms with Gasteiger partial charge >= 0.3 is 6.09 Å². The molecule has 0 bridgehead atoms. The maximum absolute atomic E-state index is 11.3. The summed E-state index contributed by atoms with van der Waals surface area (Å²) >= 11 is 5.45. The largest absolute Gasteiger partial charge is 0.412 e. The molecule has 0 aliphatic heterocycles. The van der Waals surface area contributed by atoms with Crippen LogP contribution in [0, 0.1) is 0 Å². The van der Waals surface area contributed by atoms with Gasteiger partial charge in [-0.15, -0.1) is 18.2 Å². The molecule has 0 aliphatic rings. The lowest BCUT2D eigenvalue weighted by Gasteiger charge is -2.08. The molecule has 0 aliphatic carbocycles. The maximum Gasteiger partial charge on any atom is 0.412 e. The predicted octanol–water partition coefficient (Wildman–Crippen LogP) is 2.74. The number of alkyl halides is 1. The molecule has 0 aromatic heterocycles. The van der Waals surface area contributed by atoms with Crippen LogP contribution >= 0.6 is 11.6 Å². The lowest BCUT2D eigenvalue weighted by Crippen LogP contribution is -2.28. The molecule has 1 aromatic carbocycles. The van der Waals surface area contributed by atoms with E-state index in [9.17, 15) is 4.79 Å². The summed E-state index contributed by atoms with van der Waals surface area (Å²) in [7, 11) is 0. The third-order valence-electron chi connectivity index (χ3n) is 1.90. The second kappa shape index (κ2) is 6.90. The van der Waals surface area contributed by atoms with Crippen molar-refractivity contribution in [2.45, 2.75) is 6.42 Å². The number of hydrogen-bond acceptors (Lipinski definition) is 2. The number of rotatable bonds is 5. The fraction of sp³-hybridized carbons (Fsp3) is 0.250. The molecule has 0 saturated carbocycles. The van der Waals surface area contributed by atoms with Crippen LogP contribution in [0.5, 0.6) is 5.75 Å². The van der Waals surface area contributed by atoms with Gasteiger partial charge in [0.05, 0.1) is 0 Å². The Hall–Kier alpha value is -1.48. The first-order chi connectivity index (χ1) is 7.77. The van der Waals surface area contributed by atoms with Gasteiger partial charge in [0.1, 0.15) is 5.75 Å². The van der Waals surface area contributed by atoms with Gasteiger partial charge in [-0.1, -0.05) is 24.3 Å². The number of para-hydroxylation sites is 1. The molecule has 1 aromatic rings. The first-order valence-electron chi connectivity index (χ1n) is 4.98. The van der Waals surface area contributed by atoms with Crippen LogP contribution in [-0.4, -0.2) is 18.5 Å². The van der Waals surface area contributed by atoms with E-state index in [1.54, 1.807) is 12.1 Å². The first kappa shape index (κ1) is 12.6. The standard InChI is InChI=1S/C12H14ClNO2/c1-2-5-10-6-3-4-7-11(10)16-12(15)14-9-8-13/h2-4,6-7H,1,5,8-9H2,(H,14,15). The Morgan fingerprint density at radius 1 is 1.50 bits per heavy atom. The van der Waals surface area contributed by atoms with Crippen LogP contribution in [0.1, 0.15) is 5.56 Å². The number of halogens is 1. The average molecular weight is 240 g/mol. The van der Waals surface area contributed by atoms with Crippen LogP contribution in [0.3, 0.4) is 0 Å². The number of carbonyl (C=O) groups excluding carboxylic acids is 1. The highest BCUT2D eigenvalue weighted by molar-refractivity contribution is 6.18. The Labute approximate surface area is 100 Å². The summed E-state index contributed by atoms with van der Waals surface area (Å²) in [5, 5.41) is 2.53. The van der Waals surface area contributed by atoms with Crippen molar-refractivity contribution in [1.82, 2.24) is 5.32 Å². The van der Waals surface area contributed by atoms with E-state index in [0.29, 0.717) is 24.6 Å². The molecular formula is C12H14ClNO2. The molecule has 0 radical (unpaired) electrons. The van der Waals surface area contributed by atoms with Gasteiger partial charge in [-0.3, -0.25) is 0 Å². The van der Waals surface area contributed by atoms with E-state index >= 15 is 0 Å². The van der Waals surface area contributed by atoms with Crippen LogP contribution in [0.25, 0.3) is 0 Å². The second-order valence-corrected chi connectivity index (χ2v) is 3.48. The lowest BCUT2D eigenvalue weighted by atomic mass is 10.1. The number of nitrogens with one attached hydrogen (secondary N) is 1. The third-order valence-corrected chi connectivity index (χ3v) is 2.09. The minimum Gasteiger partial charge on any atom is -0.410 e. The molecular weight excluding hydrogens is 226 g/mol. The normalized spacial score (nSPS) is 9.56. The molecule has 1 amide bonds. The van der Waals surface area contributed by atoms with Gasteiger partial charge < -0.3 is 10.1 Å². The summed E-state index contributed by atoms with van der Waals surface area (Å²) in [6.07, 6.45) is 1.94. The Balaban J connectivity index is 2.64. The molecule has 16 heavy (non-hydrogen) atoms. The topological polar surface area (TPSA) is 38.3 Å². The molecule has 0 heterocycles. The highest BCUT2D eigenvalue weighted by Crippen LogP contribution is 2.18. The molecule has 0 unspecified atom stereocenters. The van der Waals surface area contributed by atoms with E-state index < -0.39 is 6.09 Å². The Bertz CT molecular complexity index is 366. The maximum atomic E-state index is 11.3. The Morgan fingerprint density at radius 3 is 2.94 bits per heavy atom. The van der Waals surface area contributed by atoms with Crippen molar-refractivity contribution in [1.29, 1.82) is 0 Å². The summed E-state index contributed by atoms with van der Waals surface area (Å²) < 4.78 is 5.14. The molecule has 0 spiro atoms. The minimum atomic E-state index is -0.489. The fourth-order valence-electron chi connectivity index (χ4n) is 1.21. The molecule has 1 N–H and O–H groups in total. The van der Waals surface area contributed by atoms with E-state index in [1.807, 2.05) is 18.2 Å². The zero-order chi connectivity index (χ0) is 11.8. The summed E-state index contributed by atoms with van der Waals surface area (Å²) in [4.78, 5) is 11.3. The van der Waals surface area contributed by atoms with Crippen LogP contribution < -0.4 is 10.1 Å². The van der Waals surface area contributed by atoms with E-state index in [0.717, 1.165) is 5.56 Å². The van der Waals surface area contributed by atoms with Crippen LogP contribution in [0.4, 0.5) is 4.79 Å². The van der Waals surface area contributed by atoms with Crippen molar-refractivity contribution in [2.75, 3.05) is 12.4 Å². The average Bonchev–Trinajstić information content (AvgIpc) is 2.29. The van der Waals surface area contributed by atoms with Gasteiger partial charge in [0.25, 0.3) is 0 Å². The Morgan fingerprint density at radius 2 is 2.25 bits per heavy atom. The zero-order valence-electron chi connectivity index (χ0n) is 8.91. The van der Waals surface area contributed by atoms with Crippen LogP contribution in [0.15, 0.2) is 36.9 Å². The highest BCUT2D eigenvalue weighted by atomic mass is 35.5. The summed E-state index contributed by atoms with van der Waals surface area (Å²) in [5.41, 5.74) is 0.929. The van der Waals surface area contributed by atoms with E-state index in [4.69, 9.17) is 16.3 Å². The monoisotopic (exact) mass is 239 g/mol. The molecule has 4 heteroatoms. The molecule has 86 valence electrons. The molecule has 0 saturated heterocycles. The molecule has 3 nitrogen and oxygen atoms in total. The predicted molar refractivity (Wildman–Crippen MR) is 65.1 cm³/mol. The van der Waals surface area contributed by atoms with Crippen molar-refractivity contribution < 1.29 is 9.53 Å². The van der Waals surface area contributed by atoms with Gasteiger partial charge in [-0.05, 0) is 18.1 Å². The quantitative estimate of drug-likeness (QED) is 0.634. The second-order valence-electron chi connectivity index (χ2n) is 3.11. The summed E-state index contributed by atoms with van der Waals surface area (Å²) in [5.74, 6) is 0.915. The van der Waals surface area contributed by atoms with Crippen molar-refractivity contribution in [3.05, 3.63) is 42.5 Å². The number of benzene rings is 1. The van der Waals surface area contributed by atoms with Crippen LogP contribution in [-0.2, 0) is 6.42 Å². The fourth-order valence-corrected chi connectivity index (χ4v) is 1.31. The first-order valence-corrected chi connectivity index (χ1v) is 5.52. The Kier molecular flexibility index (Phi) is 5.43. The number of ether oxygens (including phenoxy) is 1. The minimum absolute atomic E-state index is 0.364. The van der Waals surface area contributed by atoms with E-state index in [2.05, 4.69) is 11.9 Å². The molecule has 0 fully saturated rings. The van der Waals surface area contributed by atoms with Crippen molar-refractivity contribution in [2.24, 2.45) is 0 Å². The number of hydrogen-bond donors (Lipinski definition) is 1. The van der Waals surface area contributed by atoms with E-state index in [-0.39, 0.29) is 0 Å². The van der Waals surface area contributed by atoms with Gasteiger partial charge in [0, 0.05) is 12.4 Å². The van der Waals surface area contributed by atoms with Gasteiger partial charge in [-0.25, -0.2) is 4.79 Å². The highest BCUT2D eigenvalue weighted by Gasteiger charge is 2.06. The van der Waals surface area contributed by atoms with Crippen LogP contribution in [0.2, 0.25) is 0 Å². The molecule has 1 rings (SSSR count). The van der Waals surface area contributed by atoms with Gasteiger partial charge in [0.15, 0.2) is 0 Å².